The number of carbonyl (C=O) groups is 1. The summed E-state index contributed by atoms with van der Waals surface area (Å²) in [5, 5.41) is 16.5. The number of carbonyl (C=O) groups excluding carboxylic acids is 1. The Balaban J connectivity index is 1.54. The molecule has 8 heteroatoms. The van der Waals surface area contributed by atoms with Crippen molar-refractivity contribution in [2.24, 2.45) is 0 Å². The number of aryl methyl sites for hydroxylation is 2. The lowest BCUT2D eigenvalue weighted by atomic mass is 9.99. The summed E-state index contributed by atoms with van der Waals surface area (Å²) < 4.78 is 5.21. The molecule has 1 atom stereocenters. The van der Waals surface area contributed by atoms with Crippen molar-refractivity contribution in [1.82, 2.24) is 20.3 Å². The van der Waals surface area contributed by atoms with Crippen LogP contribution in [-0.4, -0.2) is 39.3 Å². The van der Waals surface area contributed by atoms with Crippen molar-refractivity contribution < 1.29 is 9.32 Å². The third kappa shape index (κ3) is 4.18. The van der Waals surface area contributed by atoms with Gasteiger partial charge in [-0.3, -0.25) is 9.69 Å². The van der Waals surface area contributed by atoms with Crippen LogP contribution >= 0.6 is 11.3 Å². The van der Waals surface area contributed by atoms with Gasteiger partial charge in [0.15, 0.2) is 0 Å². The highest BCUT2D eigenvalue weighted by molar-refractivity contribution is 7.15. The van der Waals surface area contributed by atoms with E-state index in [1.54, 1.807) is 0 Å². The summed E-state index contributed by atoms with van der Waals surface area (Å²) in [4.78, 5) is 14.5. The molecule has 3 heterocycles. The molecule has 0 saturated carbocycles. The maximum Gasteiger partial charge on any atom is 0.227 e. The molecule has 1 fully saturated rings. The molecule has 1 amide bonds. The van der Waals surface area contributed by atoms with Crippen LogP contribution < -0.4 is 5.32 Å². The first-order chi connectivity index (χ1) is 11.7. The molecule has 1 aliphatic rings. The largest absolute Gasteiger partial charge is 0.361 e. The zero-order valence-corrected chi connectivity index (χ0v) is 14.9. The van der Waals surface area contributed by atoms with Gasteiger partial charge in [-0.05, 0) is 32.7 Å². The van der Waals surface area contributed by atoms with E-state index < -0.39 is 0 Å². The Morgan fingerprint density at radius 2 is 2.33 bits per heavy atom. The minimum atomic E-state index is -0.0190. The van der Waals surface area contributed by atoms with E-state index in [1.165, 1.54) is 17.8 Å². The highest BCUT2D eigenvalue weighted by Crippen LogP contribution is 2.30. The maximum absolute atomic E-state index is 12.2. The van der Waals surface area contributed by atoms with Gasteiger partial charge in [0.05, 0.1) is 6.04 Å². The molecule has 0 aromatic carbocycles. The van der Waals surface area contributed by atoms with Gasteiger partial charge < -0.3 is 9.84 Å². The average molecular weight is 349 g/mol. The van der Waals surface area contributed by atoms with Crippen LogP contribution in [0.15, 0.2) is 10.6 Å². The lowest BCUT2D eigenvalue weighted by Crippen LogP contribution is -2.35. The molecule has 3 rings (SSSR count). The fraction of sp³-hybridized carbons (Fsp3) is 0.625. The number of nitrogens with zero attached hydrogens (tertiary/aromatic N) is 4. The smallest absolute Gasteiger partial charge is 0.227 e. The van der Waals surface area contributed by atoms with Crippen molar-refractivity contribution in [3.63, 3.8) is 0 Å². The van der Waals surface area contributed by atoms with E-state index in [0.29, 0.717) is 18.1 Å². The summed E-state index contributed by atoms with van der Waals surface area (Å²) in [6.45, 7) is 5.63. The molecule has 7 nitrogen and oxygen atoms in total. The second-order valence-corrected chi connectivity index (χ2v) is 7.12. The minimum absolute atomic E-state index is 0.0190. The summed E-state index contributed by atoms with van der Waals surface area (Å²) >= 11 is 1.43. The standard InChI is InChI=1S/C16H23N5O2S/c1-3-15-18-19-16(24-15)17-14(22)7-9-21-8-5-4-6-13(21)12-10-11(2)23-20-12/h10,13H,3-9H2,1-2H3,(H,17,19,22)/t13-/m1/s1. The number of anilines is 1. The number of hydrogen-bond donors (Lipinski definition) is 1. The van der Waals surface area contributed by atoms with Crippen LogP contribution in [0.1, 0.15) is 55.1 Å². The third-order valence-electron chi connectivity index (χ3n) is 4.24. The highest BCUT2D eigenvalue weighted by atomic mass is 32.1. The van der Waals surface area contributed by atoms with Crippen molar-refractivity contribution >= 4 is 22.4 Å². The zero-order valence-electron chi connectivity index (χ0n) is 14.1. The molecular weight excluding hydrogens is 326 g/mol. The van der Waals surface area contributed by atoms with E-state index in [-0.39, 0.29) is 11.9 Å². The van der Waals surface area contributed by atoms with Crippen LogP contribution in [0, 0.1) is 6.92 Å². The lowest BCUT2D eigenvalue weighted by molar-refractivity contribution is -0.116. The zero-order chi connectivity index (χ0) is 16.9. The predicted octanol–water partition coefficient (Wildman–Crippen LogP) is 2.95. The fourth-order valence-electron chi connectivity index (χ4n) is 3.01. The van der Waals surface area contributed by atoms with Crippen LogP contribution in [0.2, 0.25) is 0 Å². The van der Waals surface area contributed by atoms with Crippen LogP contribution in [-0.2, 0) is 11.2 Å². The molecule has 0 spiro atoms. The molecule has 2 aromatic heterocycles. The number of likely N-dealkylation sites (tertiary alicyclic amines) is 1. The second kappa shape index (κ2) is 7.85. The third-order valence-corrected chi connectivity index (χ3v) is 5.23. The van der Waals surface area contributed by atoms with Crippen molar-refractivity contribution in [2.45, 2.75) is 52.0 Å². The van der Waals surface area contributed by atoms with Crippen LogP contribution in [0.4, 0.5) is 5.13 Å². The number of aromatic nitrogens is 3. The normalized spacial score (nSPS) is 18.7. The van der Waals surface area contributed by atoms with Crippen molar-refractivity contribution in [2.75, 3.05) is 18.4 Å². The quantitative estimate of drug-likeness (QED) is 0.863. The molecule has 24 heavy (non-hydrogen) atoms. The van der Waals surface area contributed by atoms with Gasteiger partial charge in [-0.25, -0.2) is 0 Å². The topological polar surface area (TPSA) is 84.2 Å². The number of hydrogen-bond acceptors (Lipinski definition) is 7. The average Bonchev–Trinajstić information content (AvgIpc) is 3.22. The monoisotopic (exact) mass is 349 g/mol. The Labute approximate surface area is 145 Å². The van der Waals surface area contributed by atoms with Gasteiger partial charge in [-0.15, -0.1) is 10.2 Å². The molecule has 1 N–H and O–H groups in total. The van der Waals surface area contributed by atoms with Gasteiger partial charge in [0.1, 0.15) is 16.5 Å². The molecule has 0 radical (unpaired) electrons. The van der Waals surface area contributed by atoms with E-state index in [1.807, 2.05) is 19.9 Å². The molecule has 0 aliphatic carbocycles. The maximum atomic E-state index is 12.2. The van der Waals surface area contributed by atoms with E-state index in [4.69, 9.17) is 4.52 Å². The summed E-state index contributed by atoms with van der Waals surface area (Å²) in [6.07, 6.45) is 4.67. The van der Waals surface area contributed by atoms with Crippen LogP contribution in [0.3, 0.4) is 0 Å². The van der Waals surface area contributed by atoms with Gasteiger partial charge in [0.2, 0.25) is 11.0 Å². The number of piperidine rings is 1. The molecule has 1 aliphatic heterocycles. The molecular formula is C16H23N5O2S. The summed E-state index contributed by atoms with van der Waals surface area (Å²) in [6, 6.07) is 2.24. The summed E-state index contributed by atoms with van der Waals surface area (Å²) in [5.74, 6) is 0.811. The Bertz CT molecular complexity index is 684. The van der Waals surface area contributed by atoms with Crippen molar-refractivity contribution in [1.29, 1.82) is 0 Å². The van der Waals surface area contributed by atoms with Gasteiger partial charge >= 0.3 is 0 Å². The number of nitrogens with one attached hydrogen (secondary N) is 1. The fourth-order valence-corrected chi connectivity index (χ4v) is 3.71. The highest BCUT2D eigenvalue weighted by Gasteiger charge is 2.26. The Kier molecular flexibility index (Phi) is 5.57. The predicted molar refractivity (Wildman–Crippen MR) is 91.9 cm³/mol. The Hall–Kier alpha value is -1.80. The molecule has 130 valence electrons. The first-order valence-electron chi connectivity index (χ1n) is 8.45. The molecule has 2 aromatic rings. The molecule has 1 saturated heterocycles. The van der Waals surface area contributed by atoms with Crippen LogP contribution in [0.25, 0.3) is 0 Å². The lowest BCUT2D eigenvalue weighted by Gasteiger charge is -2.34. The van der Waals surface area contributed by atoms with Crippen LogP contribution in [0.5, 0.6) is 0 Å². The van der Waals surface area contributed by atoms with Crippen molar-refractivity contribution in [3.8, 4) is 0 Å². The second-order valence-electron chi connectivity index (χ2n) is 6.06. The van der Waals surface area contributed by atoms with E-state index >= 15 is 0 Å². The SMILES string of the molecule is CCc1nnc(NC(=O)CCN2CCCC[C@@H]2c2cc(C)on2)s1. The summed E-state index contributed by atoms with van der Waals surface area (Å²) in [5.41, 5.74) is 0.976. The first-order valence-corrected chi connectivity index (χ1v) is 9.27. The number of amides is 1. The van der Waals surface area contributed by atoms with E-state index in [0.717, 1.165) is 42.3 Å². The molecule has 0 bridgehead atoms. The van der Waals surface area contributed by atoms with Gasteiger partial charge in [0.25, 0.3) is 0 Å². The minimum Gasteiger partial charge on any atom is -0.361 e. The number of rotatable bonds is 6. The van der Waals surface area contributed by atoms with Gasteiger partial charge in [-0.1, -0.05) is 29.8 Å². The van der Waals surface area contributed by atoms with E-state index in [9.17, 15) is 4.79 Å². The van der Waals surface area contributed by atoms with E-state index in [2.05, 4.69) is 25.6 Å². The summed E-state index contributed by atoms with van der Waals surface area (Å²) in [7, 11) is 0. The Morgan fingerprint density at radius 1 is 1.46 bits per heavy atom. The Morgan fingerprint density at radius 3 is 3.04 bits per heavy atom. The first kappa shape index (κ1) is 17.0. The van der Waals surface area contributed by atoms with Gasteiger partial charge in [0, 0.05) is 19.0 Å². The molecule has 0 unspecified atom stereocenters. The van der Waals surface area contributed by atoms with Crippen molar-refractivity contribution in [3.05, 3.63) is 22.5 Å². The van der Waals surface area contributed by atoms with Gasteiger partial charge in [-0.2, -0.15) is 0 Å².